The Morgan fingerprint density at radius 3 is 2.61 bits per heavy atom. The molecule has 0 atom stereocenters. The molecule has 2 aromatic rings. The molecule has 124 valence electrons. The highest BCUT2D eigenvalue weighted by atomic mass is 16.7. The molecule has 0 saturated heterocycles. The SMILES string of the molecule is CC(C)(C)ON(C=O)CCOc1cc(-c2ccc(N)cc2)on1. The smallest absolute Gasteiger partial charge is 0.254 e. The van der Waals surface area contributed by atoms with E-state index >= 15 is 0 Å². The summed E-state index contributed by atoms with van der Waals surface area (Å²) in [5.41, 5.74) is 6.73. The molecule has 0 spiro atoms. The van der Waals surface area contributed by atoms with Crippen molar-refractivity contribution < 1.29 is 18.9 Å². The van der Waals surface area contributed by atoms with E-state index in [1.807, 2.05) is 32.9 Å². The summed E-state index contributed by atoms with van der Waals surface area (Å²) >= 11 is 0. The number of nitrogens with zero attached hydrogens (tertiary/aromatic N) is 2. The number of hydroxylamine groups is 2. The van der Waals surface area contributed by atoms with Crippen LogP contribution in [0, 0.1) is 0 Å². The van der Waals surface area contributed by atoms with Crippen molar-refractivity contribution in [3.05, 3.63) is 30.3 Å². The van der Waals surface area contributed by atoms with Crippen molar-refractivity contribution in [2.24, 2.45) is 0 Å². The molecule has 1 aromatic carbocycles. The van der Waals surface area contributed by atoms with Crippen molar-refractivity contribution in [1.29, 1.82) is 0 Å². The highest BCUT2D eigenvalue weighted by Crippen LogP contribution is 2.24. The number of benzene rings is 1. The van der Waals surface area contributed by atoms with Gasteiger partial charge in [0, 0.05) is 17.3 Å². The second kappa shape index (κ2) is 7.15. The number of hydrogen-bond donors (Lipinski definition) is 1. The molecule has 7 heteroatoms. The van der Waals surface area contributed by atoms with Gasteiger partial charge in [-0.2, -0.15) is 0 Å². The molecular formula is C16H21N3O4. The molecule has 0 saturated carbocycles. The molecule has 2 rings (SSSR count). The van der Waals surface area contributed by atoms with E-state index in [1.54, 1.807) is 18.2 Å². The van der Waals surface area contributed by atoms with Gasteiger partial charge in [-0.3, -0.25) is 9.63 Å². The molecular weight excluding hydrogens is 298 g/mol. The monoisotopic (exact) mass is 319 g/mol. The lowest BCUT2D eigenvalue weighted by Gasteiger charge is -2.26. The van der Waals surface area contributed by atoms with Crippen molar-refractivity contribution in [3.8, 4) is 17.2 Å². The largest absolute Gasteiger partial charge is 0.474 e. The maximum atomic E-state index is 10.9. The molecule has 0 aliphatic carbocycles. The van der Waals surface area contributed by atoms with Gasteiger partial charge in [0.2, 0.25) is 6.41 Å². The molecule has 0 aliphatic rings. The zero-order chi connectivity index (χ0) is 16.9. The first-order chi connectivity index (χ1) is 10.9. The molecule has 23 heavy (non-hydrogen) atoms. The van der Waals surface area contributed by atoms with E-state index in [1.165, 1.54) is 5.06 Å². The summed E-state index contributed by atoms with van der Waals surface area (Å²) in [7, 11) is 0. The van der Waals surface area contributed by atoms with Crippen molar-refractivity contribution >= 4 is 12.1 Å². The molecule has 7 nitrogen and oxygen atoms in total. The Hall–Kier alpha value is -2.54. The fraction of sp³-hybridized carbons (Fsp3) is 0.375. The van der Waals surface area contributed by atoms with Gasteiger partial charge >= 0.3 is 0 Å². The van der Waals surface area contributed by atoms with Gasteiger partial charge in [0.15, 0.2) is 5.76 Å². The fourth-order valence-electron chi connectivity index (χ4n) is 1.82. The summed E-state index contributed by atoms with van der Waals surface area (Å²) in [6.45, 7) is 6.11. The topological polar surface area (TPSA) is 90.8 Å². The van der Waals surface area contributed by atoms with E-state index in [0.29, 0.717) is 23.7 Å². The third-order valence-corrected chi connectivity index (χ3v) is 2.75. The summed E-state index contributed by atoms with van der Waals surface area (Å²) in [6, 6.07) is 8.92. The quantitative estimate of drug-likeness (QED) is 0.479. The summed E-state index contributed by atoms with van der Waals surface area (Å²) in [5.74, 6) is 0.927. The van der Waals surface area contributed by atoms with Gasteiger partial charge in [-0.15, -0.1) is 0 Å². The van der Waals surface area contributed by atoms with Crippen LogP contribution in [0.1, 0.15) is 20.8 Å². The van der Waals surface area contributed by atoms with Gasteiger partial charge in [0.1, 0.15) is 6.61 Å². The second-order valence-corrected chi connectivity index (χ2v) is 5.95. The van der Waals surface area contributed by atoms with Crippen LogP contribution in [-0.4, -0.2) is 35.4 Å². The molecule has 2 N–H and O–H groups in total. The van der Waals surface area contributed by atoms with Gasteiger partial charge in [0.05, 0.1) is 12.1 Å². The third kappa shape index (κ3) is 5.30. The molecule has 1 aromatic heterocycles. The van der Waals surface area contributed by atoms with Gasteiger partial charge in [0.25, 0.3) is 5.88 Å². The standard InChI is InChI=1S/C16H21N3O4/c1-16(2,3)23-19(11-20)8-9-21-15-10-14(22-18-15)12-4-6-13(17)7-5-12/h4-7,10-11H,8-9,17H2,1-3H3. The predicted octanol–water partition coefficient (Wildman–Crippen LogP) is 2.49. The minimum absolute atomic E-state index is 0.239. The maximum Gasteiger partial charge on any atom is 0.254 e. The lowest BCUT2D eigenvalue weighted by atomic mass is 10.1. The normalized spacial score (nSPS) is 11.3. The van der Waals surface area contributed by atoms with Crippen LogP contribution in [0.4, 0.5) is 5.69 Å². The van der Waals surface area contributed by atoms with Crippen LogP contribution in [0.15, 0.2) is 34.9 Å². The average molecular weight is 319 g/mol. The zero-order valence-corrected chi connectivity index (χ0v) is 13.5. The highest BCUT2D eigenvalue weighted by Gasteiger charge is 2.16. The first kappa shape index (κ1) is 16.8. The Kier molecular flexibility index (Phi) is 5.23. The predicted molar refractivity (Wildman–Crippen MR) is 85.5 cm³/mol. The van der Waals surface area contributed by atoms with Crippen molar-refractivity contribution in [2.45, 2.75) is 26.4 Å². The van der Waals surface area contributed by atoms with Crippen LogP contribution in [0.25, 0.3) is 11.3 Å². The molecule has 0 bridgehead atoms. The summed E-state index contributed by atoms with van der Waals surface area (Å²) in [4.78, 5) is 16.4. The fourth-order valence-corrected chi connectivity index (χ4v) is 1.82. The summed E-state index contributed by atoms with van der Waals surface area (Å²) < 4.78 is 10.7. The number of amides is 1. The van der Waals surface area contributed by atoms with Crippen LogP contribution in [0.5, 0.6) is 5.88 Å². The van der Waals surface area contributed by atoms with E-state index in [9.17, 15) is 4.79 Å². The van der Waals surface area contributed by atoms with E-state index in [-0.39, 0.29) is 13.2 Å². The van der Waals surface area contributed by atoms with E-state index in [0.717, 1.165) is 5.56 Å². The van der Waals surface area contributed by atoms with Crippen LogP contribution in [0.3, 0.4) is 0 Å². The number of carbonyl (C=O) groups excluding carboxylic acids is 1. The van der Waals surface area contributed by atoms with Crippen LogP contribution < -0.4 is 10.5 Å². The number of anilines is 1. The number of ether oxygens (including phenoxy) is 1. The second-order valence-electron chi connectivity index (χ2n) is 5.95. The van der Waals surface area contributed by atoms with Crippen LogP contribution >= 0.6 is 0 Å². The first-order valence-corrected chi connectivity index (χ1v) is 7.24. The molecule has 0 unspecified atom stereocenters. The van der Waals surface area contributed by atoms with Gasteiger partial charge < -0.3 is 15.0 Å². The molecule has 0 fully saturated rings. The van der Waals surface area contributed by atoms with E-state index in [2.05, 4.69) is 5.16 Å². The highest BCUT2D eigenvalue weighted by molar-refractivity contribution is 5.60. The van der Waals surface area contributed by atoms with Crippen LogP contribution in [-0.2, 0) is 9.63 Å². The number of hydrogen-bond acceptors (Lipinski definition) is 6. The van der Waals surface area contributed by atoms with Gasteiger partial charge in [-0.25, -0.2) is 5.06 Å². The molecule has 0 aliphatic heterocycles. The third-order valence-electron chi connectivity index (χ3n) is 2.75. The minimum Gasteiger partial charge on any atom is -0.474 e. The Morgan fingerprint density at radius 1 is 1.30 bits per heavy atom. The number of nitrogen functional groups attached to an aromatic ring is 1. The molecule has 1 amide bonds. The average Bonchev–Trinajstić information content (AvgIpc) is 2.94. The summed E-state index contributed by atoms with van der Waals surface area (Å²) in [6.07, 6.45) is 0.622. The molecule has 0 radical (unpaired) electrons. The Morgan fingerprint density at radius 2 is 2.00 bits per heavy atom. The number of carbonyl (C=O) groups is 1. The lowest BCUT2D eigenvalue weighted by molar-refractivity contribution is -0.217. The zero-order valence-electron chi connectivity index (χ0n) is 13.5. The Bertz CT molecular complexity index is 632. The Labute approximate surface area is 134 Å². The van der Waals surface area contributed by atoms with Gasteiger partial charge in [-0.1, -0.05) is 0 Å². The minimum atomic E-state index is -0.447. The van der Waals surface area contributed by atoms with E-state index < -0.39 is 5.60 Å². The number of aromatic nitrogens is 1. The Balaban J connectivity index is 1.87. The number of rotatable bonds is 7. The number of nitrogens with two attached hydrogens (primary N) is 1. The van der Waals surface area contributed by atoms with Crippen LogP contribution in [0.2, 0.25) is 0 Å². The molecule has 1 heterocycles. The first-order valence-electron chi connectivity index (χ1n) is 7.24. The van der Waals surface area contributed by atoms with Crippen molar-refractivity contribution in [3.63, 3.8) is 0 Å². The lowest BCUT2D eigenvalue weighted by Crippen LogP contribution is -2.35. The van der Waals surface area contributed by atoms with Crippen molar-refractivity contribution in [1.82, 2.24) is 10.2 Å². The van der Waals surface area contributed by atoms with Gasteiger partial charge in [-0.05, 0) is 50.2 Å². The van der Waals surface area contributed by atoms with Crippen molar-refractivity contribution in [2.75, 3.05) is 18.9 Å². The maximum absolute atomic E-state index is 10.9. The van der Waals surface area contributed by atoms with E-state index in [4.69, 9.17) is 19.8 Å². The summed E-state index contributed by atoms with van der Waals surface area (Å²) in [5, 5.41) is 5.03.